The van der Waals surface area contributed by atoms with Crippen molar-refractivity contribution >= 4 is 0 Å². The summed E-state index contributed by atoms with van der Waals surface area (Å²) in [5.41, 5.74) is 1.67. The molecule has 16 heavy (non-hydrogen) atoms. The molecule has 90 valence electrons. The first-order valence-electron chi connectivity index (χ1n) is 6.00. The predicted molar refractivity (Wildman–Crippen MR) is 69.7 cm³/mol. The van der Waals surface area contributed by atoms with Crippen molar-refractivity contribution in [2.45, 2.75) is 33.6 Å². The number of benzene rings is 1. The third kappa shape index (κ3) is 3.34. The highest BCUT2D eigenvalue weighted by molar-refractivity contribution is 5.20. The highest BCUT2D eigenvalue weighted by Crippen LogP contribution is 2.37. The largest absolute Gasteiger partial charge is 0.384 e. The van der Waals surface area contributed by atoms with Gasteiger partial charge in [-0.2, -0.15) is 0 Å². The van der Waals surface area contributed by atoms with Crippen LogP contribution in [0.5, 0.6) is 0 Å². The minimum absolute atomic E-state index is 0.269. The first-order chi connectivity index (χ1) is 7.46. The maximum atomic E-state index is 5.37. The third-order valence-electron chi connectivity index (χ3n) is 3.39. The molecule has 1 rings (SSSR count). The van der Waals surface area contributed by atoms with E-state index < -0.39 is 0 Å². The minimum Gasteiger partial charge on any atom is -0.384 e. The van der Waals surface area contributed by atoms with Gasteiger partial charge in [0.05, 0.1) is 6.61 Å². The van der Waals surface area contributed by atoms with Gasteiger partial charge in [0, 0.05) is 7.11 Å². The van der Waals surface area contributed by atoms with Gasteiger partial charge in [-0.1, -0.05) is 58.0 Å². The van der Waals surface area contributed by atoms with Crippen LogP contribution >= 0.6 is 0 Å². The van der Waals surface area contributed by atoms with E-state index in [2.05, 4.69) is 58.0 Å². The van der Waals surface area contributed by atoms with Crippen molar-refractivity contribution in [1.29, 1.82) is 0 Å². The second-order valence-electron chi connectivity index (χ2n) is 5.63. The molecule has 1 heteroatoms. The molecule has 0 saturated heterocycles. The minimum atomic E-state index is 0.269. The Labute approximate surface area is 99.8 Å². The molecule has 1 aromatic rings. The van der Waals surface area contributed by atoms with Crippen LogP contribution in [-0.4, -0.2) is 13.7 Å². The topological polar surface area (TPSA) is 9.23 Å². The lowest BCUT2D eigenvalue weighted by Crippen LogP contribution is -2.29. The van der Waals surface area contributed by atoms with Gasteiger partial charge in [0.15, 0.2) is 0 Å². The van der Waals surface area contributed by atoms with Crippen LogP contribution < -0.4 is 0 Å². The summed E-state index contributed by atoms with van der Waals surface area (Å²) >= 11 is 0. The third-order valence-corrected chi connectivity index (χ3v) is 3.39. The number of rotatable bonds is 4. The van der Waals surface area contributed by atoms with Crippen LogP contribution in [0.15, 0.2) is 30.3 Å². The molecule has 0 spiro atoms. The molecule has 0 N–H and O–H groups in total. The highest BCUT2D eigenvalue weighted by atomic mass is 16.5. The fraction of sp³-hybridized carbons (Fsp3) is 0.600. The molecular formula is C15H24O. The van der Waals surface area contributed by atoms with Gasteiger partial charge in [-0.15, -0.1) is 0 Å². The van der Waals surface area contributed by atoms with Crippen molar-refractivity contribution in [3.05, 3.63) is 35.9 Å². The van der Waals surface area contributed by atoms with Crippen LogP contribution in [0.3, 0.4) is 0 Å². The molecule has 0 aliphatic rings. The monoisotopic (exact) mass is 220 g/mol. The Kier molecular flexibility index (Phi) is 4.55. The molecule has 0 saturated carbocycles. The summed E-state index contributed by atoms with van der Waals surface area (Å²) in [6.07, 6.45) is 0. The van der Waals surface area contributed by atoms with Crippen LogP contribution in [0, 0.1) is 11.3 Å². The summed E-state index contributed by atoms with van der Waals surface area (Å²) in [6, 6.07) is 10.7. The number of methoxy groups -OCH3 is 1. The normalized spacial score (nSPS) is 15.8. The second-order valence-corrected chi connectivity index (χ2v) is 5.63. The van der Waals surface area contributed by atoms with E-state index in [4.69, 9.17) is 4.74 Å². The van der Waals surface area contributed by atoms with E-state index >= 15 is 0 Å². The average Bonchev–Trinajstić information content (AvgIpc) is 2.25. The van der Waals surface area contributed by atoms with E-state index in [0.29, 0.717) is 11.8 Å². The molecule has 0 amide bonds. The van der Waals surface area contributed by atoms with Crippen LogP contribution in [0.25, 0.3) is 0 Å². The van der Waals surface area contributed by atoms with Gasteiger partial charge in [0.25, 0.3) is 0 Å². The zero-order chi connectivity index (χ0) is 12.2. The zero-order valence-electron chi connectivity index (χ0n) is 11.2. The molecule has 2 atom stereocenters. The summed E-state index contributed by atoms with van der Waals surface area (Å²) in [5, 5.41) is 0. The molecule has 1 nitrogen and oxygen atoms in total. The van der Waals surface area contributed by atoms with Crippen molar-refractivity contribution in [2.75, 3.05) is 13.7 Å². The Balaban J connectivity index is 2.87. The van der Waals surface area contributed by atoms with Crippen molar-refractivity contribution < 1.29 is 4.74 Å². The number of hydrogen-bond donors (Lipinski definition) is 0. The molecule has 0 radical (unpaired) electrons. The first kappa shape index (κ1) is 13.2. The maximum absolute atomic E-state index is 5.37. The van der Waals surface area contributed by atoms with E-state index in [1.54, 1.807) is 7.11 Å². The van der Waals surface area contributed by atoms with Crippen molar-refractivity contribution in [1.82, 2.24) is 0 Å². The van der Waals surface area contributed by atoms with E-state index in [1.165, 1.54) is 5.56 Å². The summed E-state index contributed by atoms with van der Waals surface area (Å²) in [7, 11) is 1.79. The lowest BCUT2D eigenvalue weighted by molar-refractivity contribution is 0.0754. The summed E-state index contributed by atoms with van der Waals surface area (Å²) in [6.45, 7) is 9.98. The van der Waals surface area contributed by atoms with E-state index in [0.717, 1.165) is 6.61 Å². The lowest BCUT2D eigenvalue weighted by Gasteiger charge is -2.35. The molecule has 0 fully saturated rings. The zero-order valence-corrected chi connectivity index (χ0v) is 11.2. The van der Waals surface area contributed by atoms with Gasteiger partial charge in [0.1, 0.15) is 0 Å². The molecule has 1 aromatic carbocycles. The van der Waals surface area contributed by atoms with Crippen LogP contribution in [0.1, 0.15) is 39.2 Å². The van der Waals surface area contributed by atoms with Crippen LogP contribution in [0.2, 0.25) is 0 Å². The maximum Gasteiger partial charge on any atom is 0.0501 e. The molecule has 0 bridgehead atoms. The fourth-order valence-corrected chi connectivity index (χ4v) is 2.31. The summed E-state index contributed by atoms with van der Waals surface area (Å²) in [5.74, 6) is 1.07. The summed E-state index contributed by atoms with van der Waals surface area (Å²) < 4.78 is 5.37. The molecule has 0 heterocycles. The second kappa shape index (κ2) is 5.49. The van der Waals surface area contributed by atoms with Crippen LogP contribution in [-0.2, 0) is 4.74 Å². The lowest BCUT2D eigenvalue weighted by atomic mass is 9.72. The van der Waals surface area contributed by atoms with Crippen molar-refractivity contribution in [3.63, 3.8) is 0 Å². The quantitative estimate of drug-likeness (QED) is 0.742. The van der Waals surface area contributed by atoms with Crippen LogP contribution in [0.4, 0.5) is 0 Å². The fourth-order valence-electron chi connectivity index (χ4n) is 2.31. The highest BCUT2D eigenvalue weighted by Gasteiger charge is 2.30. The molecule has 0 aromatic heterocycles. The van der Waals surface area contributed by atoms with Gasteiger partial charge < -0.3 is 4.74 Å². The number of ether oxygens (including phenoxy) is 1. The number of hydrogen-bond acceptors (Lipinski definition) is 1. The molecule has 0 aliphatic carbocycles. The predicted octanol–water partition coefficient (Wildman–Crippen LogP) is 4.10. The van der Waals surface area contributed by atoms with Gasteiger partial charge in [-0.05, 0) is 22.8 Å². The van der Waals surface area contributed by atoms with E-state index in [9.17, 15) is 0 Å². The Bertz CT molecular complexity index is 297. The Morgan fingerprint density at radius 2 is 1.69 bits per heavy atom. The Morgan fingerprint density at radius 1 is 1.12 bits per heavy atom. The van der Waals surface area contributed by atoms with Gasteiger partial charge in [-0.3, -0.25) is 0 Å². The van der Waals surface area contributed by atoms with E-state index in [1.807, 2.05) is 0 Å². The Morgan fingerprint density at radius 3 is 2.12 bits per heavy atom. The first-order valence-corrected chi connectivity index (χ1v) is 6.00. The standard InChI is InChI=1S/C15H24O/c1-12(13-9-7-6-8-10-13)14(11-16-5)15(2,3)4/h6-10,12,14H,11H2,1-5H3/t12?,14-/m1/s1. The van der Waals surface area contributed by atoms with Gasteiger partial charge in [-0.25, -0.2) is 0 Å². The average molecular weight is 220 g/mol. The van der Waals surface area contributed by atoms with Crippen molar-refractivity contribution in [2.24, 2.45) is 11.3 Å². The smallest absolute Gasteiger partial charge is 0.0501 e. The Hall–Kier alpha value is -0.820. The van der Waals surface area contributed by atoms with Gasteiger partial charge >= 0.3 is 0 Å². The van der Waals surface area contributed by atoms with Crippen molar-refractivity contribution in [3.8, 4) is 0 Å². The summed E-state index contributed by atoms with van der Waals surface area (Å²) in [4.78, 5) is 0. The SMILES string of the molecule is COC[C@H](C(C)c1ccccc1)C(C)(C)C. The molecule has 0 aliphatic heterocycles. The van der Waals surface area contributed by atoms with E-state index in [-0.39, 0.29) is 5.41 Å². The molecular weight excluding hydrogens is 196 g/mol. The molecule has 1 unspecified atom stereocenters. The van der Waals surface area contributed by atoms with Gasteiger partial charge in [0.2, 0.25) is 0 Å².